The van der Waals surface area contributed by atoms with E-state index in [0.717, 1.165) is 37.3 Å². The molecule has 1 atom stereocenters. The lowest BCUT2D eigenvalue weighted by Gasteiger charge is -2.32. The van der Waals surface area contributed by atoms with Crippen LogP contribution in [0, 0.1) is 0 Å². The van der Waals surface area contributed by atoms with Crippen molar-refractivity contribution in [2.24, 2.45) is 0 Å². The van der Waals surface area contributed by atoms with E-state index >= 15 is 0 Å². The highest BCUT2D eigenvalue weighted by Crippen LogP contribution is 2.13. The molecule has 118 valence electrons. The van der Waals surface area contributed by atoms with E-state index in [4.69, 9.17) is 4.74 Å². The average Bonchev–Trinajstić information content (AvgIpc) is 2.95. The van der Waals surface area contributed by atoms with Crippen LogP contribution in [0.1, 0.15) is 6.92 Å². The Balaban J connectivity index is 1.49. The van der Waals surface area contributed by atoms with Crippen LogP contribution in [0.2, 0.25) is 0 Å². The summed E-state index contributed by atoms with van der Waals surface area (Å²) in [7, 11) is 0. The van der Waals surface area contributed by atoms with Crippen LogP contribution in [0.25, 0.3) is 11.0 Å². The molecular formula is C15H21N5O2. The van der Waals surface area contributed by atoms with Gasteiger partial charge in [0.1, 0.15) is 0 Å². The number of H-pyrrole nitrogens is 1. The molecule has 0 aliphatic carbocycles. The smallest absolute Gasteiger partial charge is 0.321 e. The number of rotatable bonds is 4. The van der Waals surface area contributed by atoms with Gasteiger partial charge in [-0.1, -0.05) is 12.1 Å². The van der Waals surface area contributed by atoms with Crippen LogP contribution in [-0.4, -0.2) is 59.8 Å². The van der Waals surface area contributed by atoms with Crippen molar-refractivity contribution in [1.82, 2.24) is 20.2 Å². The van der Waals surface area contributed by atoms with E-state index < -0.39 is 0 Å². The lowest BCUT2D eigenvalue weighted by atomic mass is 10.2. The molecule has 2 heterocycles. The lowest BCUT2D eigenvalue weighted by Crippen LogP contribution is -2.47. The van der Waals surface area contributed by atoms with Gasteiger partial charge >= 0.3 is 6.03 Å². The Kier molecular flexibility index (Phi) is 4.55. The van der Waals surface area contributed by atoms with Gasteiger partial charge in [0.25, 0.3) is 0 Å². The maximum absolute atomic E-state index is 12.0. The van der Waals surface area contributed by atoms with Crippen LogP contribution in [-0.2, 0) is 4.74 Å². The summed E-state index contributed by atoms with van der Waals surface area (Å²) in [4.78, 5) is 21.6. The van der Waals surface area contributed by atoms with Gasteiger partial charge in [-0.3, -0.25) is 10.2 Å². The van der Waals surface area contributed by atoms with Gasteiger partial charge in [0.2, 0.25) is 5.95 Å². The van der Waals surface area contributed by atoms with Crippen molar-refractivity contribution in [2.75, 3.05) is 38.2 Å². The molecule has 0 bridgehead atoms. The highest BCUT2D eigenvalue weighted by molar-refractivity contribution is 5.89. The summed E-state index contributed by atoms with van der Waals surface area (Å²) in [5.41, 5.74) is 1.74. The van der Waals surface area contributed by atoms with Crippen LogP contribution < -0.4 is 10.6 Å². The largest absolute Gasteiger partial charge is 0.379 e. The van der Waals surface area contributed by atoms with Crippen molar-refractivity contribution in [3.8, 4) is 0 Å². The Morgan fingerprint density at radius 1 is 1.41 bits per heavy atom. The SMILES string of the molecule is CC(CNC(=O)Nc1nc2ccccc2[nH]1)N1CCOCC1. The molecule has 7 heteroatoms. The van der Waals surface area contributed by atoms with Crippen LogP contribution in [0.15, 0.2) is 24.3 Å². The van der Waals surface area contributed by atoms with Gasteiger partial charge in [0.05, 0.1) is 24.2 Å². The quantitative estimate of drug-likeness (QED) is 0.797. The van der Waals surface area contributed by atoms with Crippen LogP contribution in [0.5, 0.6) is 0 Å². The second-order valence-electron chi connectivity index (χ2n) is 5.43. The van der Waals surface area contributed by atoms with Crippen molar-refractivity contribution >= 4 is 23.0 Å². The first-order valence-electron chi connectivity index (χ1n) is 7.54. The van der Waals surface area contributed by atoms with E-state index in [1.165, 1.54) is 0 Å². The number of fused-ring (bicyclic) bond motifs is 1. The van der Waals surface area contributed by atoms with Crippen molar-refractivity contribution in [3.05, 3.63) is 24.3 Å². The fourth-order valence-electron chi connectivity index (χ4n) is 2.55. The number of para-hydroxylation sites is 2. The van der Waals surface area contributed by atoms with Crippen LogP contribution in [0.4, 0.5) is 10.7 Å². The fourth-order valence-corrected chi connectivity index (χ4v) is 2.55. The molecule has 7 nitrogen and oxygen atoms in total. The zero-order valence-electron chi connectivity index (χ0n) is 12.6. The molecule has 1 aliphatic rings. The van der Waals surface area contributed by atoms with Gasteiger partial charge in [-0.15, -0.1) is 0 Å². The maximum Gasteiger partial charge on any atom is 0.321 e. The summed E-state index contributed by atoms with van der Waals surface area (Å²) in [5, 5.41) is 5.61. The third-order valence-electron chi connectivity index (χ3n) is 3.85. The number of anilines is 1. The van der Waals surface area contributed by atoms with Crippen LogP contribution >= 0.6 is 0 Å². The minimum atomic E-state index is -0.251. The number of ether oxygens (including phenoxy) is 1. The molecule has 0 radical (unpaired) electrons. The third-order valence-corrected chi connectivity index (χ3v) is 3.85. The Hall–Kier alpha value is -2.12. The van der Waals surface area contributed by atoms with Crippen molar-refractivity contribution < 1.29 is 9.53 Å². The van der Waals surface area contributed by atoms with Gasteiger partial charge in [0.15, 0.2) is 0 Å². The number of hydrogen-bond acceptors (Lipinski definition) is 4. The zero-order chi connectivity index (χ0) is 15.4. The van der Waals surface area contributed by atoms with E-state index in [1.807, 2.05) is 24.3 Å². The summed E-state index contributed by atoms with van der Waals surface area (Å²) in [5.74, 6) is 0.456. The maximum atomic E-state index is 12.0. The molecule has 1 aromatic heterocycles. The Labute approximate surface area is 129 Å². The molecule has 0 spiro atoms. The molecule has 1 aliphatic heterocycles. The topological polar surface area (TPSA) is 82.3 Å². The molecule has 1 aromatic carbocycles. The number of nitrogens with one attached hydrogen (secondary N) is 3. The standard InChI is InChI=1S/C15H21N5O2/c1-11(20-6-8-22-9-7-20)10-16-15(21)19-14-17-12-4-2-3-5-13(12)18-14/h2-5,11H,6-10H2,1H3,(H3,16,17,18,19,21). The number of aromatic nitrogens is 2. The number of carbonyl (C=O) groups is 1. The van der Waals surface area contributed by atoms with Gasteiger partial charge < -0.3 is 15.0 Å². The van der Waals surface area contributed by atoms with Crippen molar-refractivity contribution in [3.63, 3.8) is 0 Å². The Morgan fingerprint density at radius 2 is 2.18 bits per heavy atom. The summed E-state index contributed by atoms with van der Waals surface area (Å²) >= 11 is 0. The Bertz CT molecular complexity index is 603. The molecule has 3 rings (SSSR count). The molecule has 3 N–H and O–H groups in total. The number of urea groups is 1. The average molecular weight is 303 g/mol. The first-order chi connectivity index (χ1) is 10.7. The van der Waals surface area contributed by atoms with Crippen molar-refractivity contribution in [1.29, 1.82) is 0 Å². The number of carbonyl (C=O) groups excluding carboxylic acids is 1. The van der Waals surface area contributed by atoms with Crippen molar-refractivity contribution in [2.45, 2.75) is 13.0 Å². The van der Waals surface area contributed by atoms with E-state index in [-0.39, 0.29) is 12.1 Å². The number of morpholine rings is 1. The Morgan fingerprint density at radius 3 is 2.95 bits per heavy atom. The second-order valence-corrected chi connectivity index (χ2v) is 5.43. The molecule has 2 amide bonds. The molecule has 22 heavy (non-hydrogen) atoms. The van der Waals surface area contributed by atoms with E-state index in [1.54, 1.807) is 0 Å². The number of nitrogens with zero attached hydrogens (tertiary/aromatic N) is 2. The van der Waals surface area contributed by atoms with Gasteiger partial charge in [-0.2, -0.15) is 0 Å². The number of hydrogen-bond donors (Lipinski definition) is 3. The molecular weight excluding hydrogens is 282 g/mol. The van der Waals surface area contributed by atoms with Gasteiger partial charge in [0, 0.05) is 25.7 Å². The fraction of sp³-hybridized carbons (Fsp3) is 0.467. The summed E-state index contributed by atoms with van der Waals surface area (Å²) in [6, 6.07) is 7.69. The van der Waals surface area contributed by atoms with E-state index in [0.29, 0.717) is 12.5 Å². The lowest BCUT2D eigenvalue weighted by molar-refractivity contribution is 0.0209. The summed E-state index contributed by atoms with van der Waals surface area (Å²) < 4.78 is 5.33. The molecule has 0 saturated carbocycles. The molecule has 1 saturated heterocycles. The van der Waals surface area contributed by atoms with E-state index in [2.05, 4.69) is 32.4 Å². The van der Waals surface area contributed by atoms with Gasteiger partial charge in [-0.05, 0) is 19.1 Å². The predicted molar refractivity (Wildman–Crippen MR) is 85.0 cm³/mol. The summed E-state index contributed by atoms with van der Waals surface area (Å²) in [6.45, 7) is 6.03. The minimum Gasteiger partial charge on any atom is -0.379 e. The number of aromatic amines is 1. The summed E-state index contributed by atoms with van der Waals surface area (Å²) in [6.07, 6.45) is 0. The highest BCUT2D eigenvalue weighted by atomic mass is 16.5. The minimum absolute atomic E-state index is 0.251. The predicted octanol–water partition coefficient (Wildman–Crippen LogP) is 1.41. The second kappa shape index (κ2) is 6.76. The normalized spacial score (nSPS) is 17.3. The van der Waals surface area contributed by atoms with Crippen LogP contribution in [0.3, 0.4) is 0 Å². The van der Waals surface area contributed by atoms with E-state index in [9.17, 15) is 4.79 Å². The first-order valence-corrected chi connectivity index (χ1v) is 7.54. The van der Waals surface area contributed by atoms with Gasteiger partial charge in [-0.25, -0.2) is 9.78 Å². The molecule has 1 fully saturated rings. The number of benzene rings is 1. The molecule has 2 aromatic rings. The third kappa shape index (κ3) is 3.55. The number of amides is 2. The first kappa shape index (κ1) is 14.8. The molecule has 1 unspecified atom stereocenters. The monoisotopic (exact) mass is 303 g/mol. The highest BCUT2D eigenvalue weighted by Gasteiger charge is 2.17. The zero-order valence-corrected chi connectivity index (χ0v) is 12.6. The number of imidazole rings is 1.